The van der Waals surface area contributed by atoms with E-state index in [1.807, 2.05) is 6.07 Å². The van der Waals surface area contributed by atoms with Crippen molar-refractivity contribution in [2.24, 2.45) is 11.7 Å². The number of rotatable bonds is 2. The molecule has 2 N–H and O–H groups in total. The fraction of sp³-hybridized carbons (Fsp3) is 0.571. The molecule has 18 heavy (non-hydrogen) atoms. The number of halogens is 1. The maximum absolute atomic E-state index is 6.13. The SMILES string of the molecule is COc1cc(Br)cc(N2CCC(N)C(C)C2C)c1. The standard InChI is InChI=1S/C14H21BrN2O/c1-9-10(2)17(5-4-14(9)16)12-6-11(15)7-13(8-12)18-3/h6-10,14H,4-5,16H2,1-3H3. The highest BCUT2D eigenvalue weighted by molar-refractivity contribution is 9.10. The minimum absolute atomic E-state index is 0.310. The summed E-state index contributed by atoms with van der Waals surface area (Å²) in [5.74, 6) is 1.39. The van der Waals surface area contributed by atoms with Gasteiger partial charge in [0, 0.05) is 34.9 Å². The van der Waals surface area contributed by atoms with Gasteiger partial charge in [0.1, 0.15) is 5.75 Å². The number of benzene rings is 1. The molecule has 1 aliphatic heterocycles. The number of hydrogen-bond acceptors (Lipinski definition) is 3. The van der Waals surface area contributed by atoms with Crippen LogP contribution in [0.5, 0.6) is 5.75 Å². The lowest BCUT2D eigenvalue weighted by atomic mass is 9.87. The molecule has 100 valence electrons. The second-order valence-corrected chi connectivity index (χ2v) is 6.01. The van der Waals surface area contributed by atoms with Gasteiger partial charge in [0.25, 0.3) is 0 Å². The van der Waals surface area contributed by atoms with Gasteiger partial charge in [0.2, 0.25) is 0 Å². The Morgan fingerprint density at radius 1 is 1.33 bits per heavy atom. The average Bonchev–Trinajstić information content (AvgIpc) is 2.35. The number of ether oxygens (including phenoxy) is 1. The molecular weight excluding hydrogens is 292 g/mol. The Hall–Kier alpha value is -0.740. The highest BCUT2D eigenvalue weighted by Gasteiger charge is 2.30. The van der Waals surface area contributed by atoms with Crippen LogP contribution in [0.3, 0.4) is 0 Å². The smallest absolute Gasteiger partial charge is 0.122 e. The van der Waals surface area contributed by atoms with Crippen LogP contribution in [0.15, 0.2) is 22.7 Å². The van der Waals surface area contributed by atoms with Crippen LogP contribution >= 0.6 is 15.9 Å². The normalized spacial score (nSPS) is 28.3. The van der Waals surface area contributed by atoms with Crippen molar-refractivity contribution >= 4 is 21.6 Å². The fourth-order valence-electron chi connectivity index (χ4n) is 2.59. The highest BCUT2D eigenvalue weighted by atomic mass is 79.9. The minimum atomic E-state index is 0.310. The van der Waals surface area contributed by atoms with Crippen molar-refractivity contribution < 1.29 is 4.74 Å². The van der Waals surface area contributed by atoms with Crippen molar-refractivity contribution in [1.82, 2.24) is 0 Å². The summed E-state index contributed by atoms with van der Waals surface area (Å²) in [5.41, 5.74) is 7.34. The molecule has 1 aromatic rings. The summed E-state index contributed by atoms with van der Waals surface area (Å²) in [6.07, 6.45) is 1.04. The molecule has 3 nitrogen and oxygen atoms in total. The molecule has 0 bridgehead atoms. The van der Waals surface area contributed by atoms with Gasteiger partial charge in [-0.3, -0.25) is 0 Å². The van der Waals surface area contributed by atoms with Crippen molar-refractivity contribution in [3.63, 3.8) is 0 Å². The summed E-state index contributed by atoms with van der Waals surface area (Å²) < 4.78 is 6.38. The first-order valence-electron chi connectivity index (χ1n) is 6.39. The summed E-state index contributed by atoms with van der Waals surface area (Å²) in [4.78, 5) is 2.42. The van der Waals surface area contributed by atoms with Gasteiger partial charge >= 0.3 is 0 Å². The molecule has 1 aliphatic rings. The van der Waals surface area contributed by atoms with E-state index in [9.17, 15) is 0 Å². The number of nitrogens with zero attached hydrogens (tertiary/aromatic N) is 1. The lowest BCUT2D eigenvalue weighted by Gasteiger charge is -2.43. The molecule has 0 spiro atoms. The molecule has 0 aliphatic carbocycles. The van der Waals surface area contributed by atoms with Crippen LogP contribution in [-0.4, -0.2) is 25.7 Å². The third-order valence-electron chi connectivity index (χ3n) is 4.05. The van der Waals surface area contributed by atoms with E-state index >= 15 is 0 Å². The molecule has 1 heterocycles. The Kier molecular flexibility index (Phi) is 4.17. The van der Waals surface area contributed by atoms with E-state index in [-0.39, 0.29) is 0 Å². The third-order valence-corrected chi connectivity index (χ3v) is 4.51. The van der Waals surface area contributed by atoms with E-state index in [0.717, 1.165) is 23.2 Å². The molecule has 4 heteroatoms. The summed E-state index contributed by atoms with van der Waals surface area (Å²) in [6.45, 7) is 5.49. The van der Waals surface area contributed by atoms with Gasteiger partial charge in [-0.25, -0.2) is 0 Å². The van der Waals surface area contributed by atoms with E-state index in [0.29, 0.717) is 18.0 Å². The van der Waals surface area contributed by atoms with Gasteiger partial charge < -0.3 is 15.4 Å². The number of piperidine rings is 1. The number of nitrogens with two attached hydrogens (primary N) is 1. The van der Waals surface area contributed by atoms with Crippen LogP contribution in [0.2, 0.25) is 0 Å². The van der Waals surface area contributed by atoms with Gasteiger partial charge in [-0.1, -0.05) is 22.9 Å². The van der Waals surface area contributed by atoms with E-state index in [1.54, 1.807) is 7.11 Å². The number of anilines is 1. The molecular formula is C14H21BrN2O. The maximum atomic E-state index is 6.13. The topological polar surface area (TPSA) is 38.5 Å². The lowest BCUT2D eigenvalue weighted by molar-refractivity contribution is 0.315. The van der Waals surface area contributed by atoms with E-state index < -0.39 is 0 Å². The van der Waals surface area contributed by atoms with Gasteiger partial charge in [0.05, 0.1) is 7.11 Å². The lowest BCUT2D eigenvalue weighted by Crippen LogP contribution is -2.51. The molecule has 3 unspecified atom stereocenters. The van der Waals surface area contributed by atoms with Gasteiger partial charge in [-0.15, -0.1) is 0 Å². The van der Waals surface area contributed by atoms with Crippen molar-refractivity contribution in [3.8, 4) is 5.75 Å². The van der Waals surface area contributed by atoms with Crippen LogP contribution in [0.25, 0.3) is 0 Å². The summed E-state index contributed by atoms with van der Waals surface area (Å²) in [7, 11) is 1.70. The van der Waals surface area contributed by atoms with Crippen molar-refractivity contribution in [3.05, 3.63) is 22.7 Å². The Balaban J connectivity index is 2.28. The molecule has 0 amide bonds. The molecule has 1 fully saturated rings. The zero-order valence-corrected chi connectivity index (χ0v) is 12.8. The molecule has 1 saturated heterocycles. The molecule has 0 saturated carbocycles. The first kappa shape index (κ1) is 13.7. The summed E-state index contributed by atoms with van der Waals surface area (Å²) >= 11 is 3.54. The molecule has 2 rings (SSSR count). The largest absolute Gasteiger partial charge is 0.497 e. The van der Waals surface area contributed by atoms with Crippen LogP contribution in [0.1, 0.15) is 20.3 Å². The zero-order chi connectivity index (χ0) is 13.3. The highest BCUT2D eigenvalue weighted by Crippen LogP contribution is 2.32. The first-order valence-corrected chi connectivity index (χ1v) is 7.19. The number of hydrogen-bond donors (Lipinski definition) is 1. The van der Waals surface area contributed by atoms with E-state index in [1.165, 1.54) is 5.69 Å². The average molecular weight is 313 g/mol. The summed E-state index contributed by atoms with van der Waals surface area (Å²) in [5, 5.41) is 0. The molecule has 0 aromatic heterocycles. The van der Waals surface area contributed by atoms with Crippen LogP contribution in [-0.2, 0) is 0 Å². The Morgan fingerprint density at radius 3 is 2.72 bits per heavy atom. The quantitative estimate of drug-likeness (QED) is 0.912. The molecule has 1 aromatic carbocycles. The molecule has 3 atom stereocenters. The third kappa shape index (κ3) is 2.64. The minimum Gasteiger partial charge on any atom is -0.497 e. The monoisotopic (exact) mass is 312 g/mol. The van der Waals surface area contributed by atoms with Crippen LogP contribution in [0, 0.1) is 5.92 Å². The second kappa shape index (κ2) is 5.49. The molecule has 0 radical (unpaired) electrons. The Labute approximate surface area is 117 Å². The van der Waals surface area contributed by atoms with Gasteiger partial charge in [-0.05, 0) is 31.4 Å². The Morgan fingerprint density at radius 2 is 2.06 bits per heavy atom. The summed E-state index contributed by atoms with van der Waals surface area (Å²) in [6, 6.07) is 6.97. The predicted molar refractivity (Wildman–Crippen MR) is 79.3 cm³/mol. The zero-order valence-electron chi connectivity index (χ0n) is 11.2. The van der Waals surface area contributed by atoms with Crippen molar-refractivity contribution in [1.29, 1.82) is 0 Å². The van der Waals surface area contributed by atoms with E-state index in [2.05, 4.69) is 46.8 Å². The van der Waals surface area contributed by atoms with Gasteiger partial charge in [-0.2, -0.15) is 0 Å². The van der Waals surface area contributed by atoms with Crippen LogP contribution < -0.4 is 15.4 Å². The van der Waals surface area contributed by atoms with Crippen molar-refractivity contribution in [2.45, 2.75) is 32.4 Å². The van der Waals surface area contributed by atoms with Gasteiger partial charge in [0.15, 0.2) is 0 Å². The fourth-order valence-corrected chi connectivity index (χ4v) is 3.05. The first-order chi connectivity index (χ1) is 8.52. The van der Waals surface area contributed by atoms with Crippen LogP contribution in [0.4, 0.5) is 5.69 Å². The second-order valence-electron chi connectivity index (χ2n) is 5.09. The van der Waals surface area contributed by atoms with E-state index in [4.69, 9.17) is 10.5 Å². The van der Waals surface area contributed by atoms with Crippen molar-refractivity contribution in [2.75, 3.05) is 18.6 Å². The maximum Gasteiger partial charge on any atom is 0.122 e. The number of methoxy groups -OCH3 is 1. The Bertz CT molecular complexity index is 424. The predicted octanol–water partition coefficient (Wildman–Crippen LogP) is 3.02.